The number of carbonyl (C=O) groups excluding carboxylic acids is 1. The van der Waals surface area contributed by atoms with Crippen molar-refractivity contribution in [2.24, 2.45) is 0 Å². The highest BCUT2D eigenvalue weighted by Gasteiger charge is 2.06. The van der Waals surface area contributed by atoms with Gasteiger partial charge in [-0.15, -0.1) is 0 Å². The molecule has 2 rings (SSSR count). The third-order valence-electron chi connectivity index (χ3n) is 4.18. The number of nitrogens with zero attached hydrogens (tertiary/aromatic N) is 2. The molecule has 0 radical (unpaired) electrons. The van der Waals surface area contributed by atoms with Crippen molar-refractivity contribution in [2.75, 3.05) is 19.7 Å². The zero-order valence-corrected chi connectivity index (χ0v) is 15.4. The molecule has 26 heavy (non-hydrogen) atoms. The Kier molecular flexibility index (Phi) is 7.66. The van der Waals surface area contributed by atoms with Gasteiger partial charge >= 0.3 is 0 Å². The largest absolute Gasteiger partial charge is 0.482 e. The molecule has 0 aliphatic heterocycles. The lowest BCUT2D eigenvalue weighted by Crippen LogP contribution is -2.28. The van der Waals surface area contributed by atoms with Crippen LogP contribution in [0, 0.1) is 11.3 Å². The van der Waals surface area contributed by atoms with E-state index in [-0.39, 0.29) is 12.5 Å². The number of ether oxygens (including phenoxy) is 1. The minimum Gasteiger partial charge on any atom is -0.482 e. The number of para-hydroxylation sites is 1. The van der Waals surface area contributed by atoms with Gasteiger partial charge in [-0.25, -0.2) is 0 Å². The van der Waals surface area contributed by atoms with Gasteiger partial charge in [-0.05, 0) is 36.3 Å². The molecule has 0 bridgehead atoms. The number of amides is 1. The zero-order chi connectivity index (χ0) is 18.8. The van der Waals surface area contributed by atoms with Crippen molar-refractivity contribution in [2.45, 2.75) is 26.9 Å². The Morgan fingerprint density at radius 2 is 1.73 bits per heavy atom. The van der Waals surface area contributed by atoms with Gasteiger partial charge in [-0.2, -0.15) is 5.26 Å². The highest BCUT2D eigenvalue weighted by atomic mass is 16.5. The Morgan fingerprint density at radius 1 is 1.08 bits per heavy atom. The van der Waals surface area contributed by atoms with Gasteiger partial charge in [0, 0.05) is 13.1 Å². The smallest absolute Gasteiger partial charge is 0.258 e. The monoisotopic (exact) mass is 351 g/mol. The Hall–Kier alpha value is -2.84. The second-order valence-electron chi connectivity index (χ2n) is 5.95. The molecule has 136 valence electrons. The maximum atomic E-state index is 12.0. The number of hydrogen-bond donors (Lipinski definition) is 1. The fourth-order valence-electron chi connectivity index (χ4n) is 2.55. The molecule has 0 saturated carbocycles. The zero-order valence-electron chi connectivity index (χ0n) is 15.4. The summed E-state index contributed by atoms with van der Waals surface area (Å²) in [6.07, 6.45) is 0. The molecule has 2 aromatic carbocycles. The fourth-order valence-corrected chi connectivity index (χ4v) is 2.55. The summed E-state index contributed by atoms with van der Waals surface area (Å²) in [6.45, 7) is 7.65. The van der Waals surface area contributed by atoms with Gasteiger partial charge < -0.3 is 10.1 Å². The van der Waals surface area contributed by atoms with Gasteiger partial charge in [0.1, 0.15) is 11.8 Å². The Morgan fingerprint density at radius 3 is 2.38 bits per heavy atom. The third kappa shape index (κ3) is 5.91. The minimum absolute atomic E-state index is 0.112. The molecule has 5 nitrogen and oxygen atoms in total. The van der Waals surface area contributed by atoms with Gasteiger partial charge in [0.25, 0.3) is 5.91 Å². The molecule has 0 unspecified atom stereocenters. The Balaban J connectivity index is 1.79. The van der Waals surface area contributed by atoms with Crippen molar-refractivity contribution in [1.82, 2.24) is 10.2 Å². The predicted molar refractivity (Wildman–Crippen MR) is 102 cm³/mol. The molecule has 0 aliphatic carbocycles. The van der Waals surface area contributed by atoms with Crippen molar-refractivity contribution in [3.63, 3.8) is 0 Å². The van der Waals surface area contributed by atoms with Crippen LogP contribution in [0.15, 0.2) is 48.5 Å². The third-order valence-corrected chi connectivity index (χ3v) is 4.18. The van der Waals surface area contributed by atoms with Crippen LogP contribution in [0.25, 0.3) is 0 Å². The van der Waals surface area contributed by atoms with E-state index in [4.69, 9.17) is 10.00 Å². The maximum Gasteiger partial charge on any atom is 0.258 e. The van der Waals surface area contributed by atoms with Crippen molar-refractivity contribution < 1.29 is 9.53 Å². The quantitative estimate of drug-likeness (QED) is 0.754. The van der Waals surface area contributed by atoms with E-state index in [1.807, 2.05) is 18.2 Å². The summed E-state index contributed by atoms with van der Waals surface area (Å²) in [4.78, 5) is 14.3. The van der Waals surface area contributed by atoms with E-state index in [2.05, 4.69) is 36.2 Å². The molecule has 5 heteroatoms. The molecule has 1 amide bonds. The number of nitrogens with one attached hydrogen (secondary N) is 1. The van der Waals surface area contributed by atoms with Gasteiger partial charge in [0.15, 0.2) is 6.61 Å². The lowest BCUT2D eigenvalue weighted by Gasteiger charge is -2.18. The number of carbonyl (C=O) groups is 1. The van der Waals surface area contributed by atoms with Crippen LogP contribution in [0.2, 0.25) is 0 Å². The summed E-state index contributed by atoms with van der Waals surface area (Å²) in [5.41, 5.74) is 2.73. The van der Waals surface area contributed by atoms with Crippen LogP contribution in [0.4, 0.5) is 0 Å². The van der Waals surface area contributed by atoms with Crippen LogP contribution in [-0.2, 0) is 17.9 Å². The SMILES string of the molecule is CCN(CC)Cc1ccc(CNC(=O)COc2ccccc2C#N)cc1. The summed E-state index contributed by atoms with van der Waals surface area (Å²) in [6, 6.07) is 17.2. The van der Waals surface area contributed by atoms with E-state index in [1.165, 1.54) is 5.56 Å². The molecule has 0 heterocycles. The van der Waals surface area contributed by atoms with Crippen LogP contribution >= 0.6 is 0 Å². The van der Waals surface area contributed by atoms with Gasteiger partial charge in [0.05, 0.1) is 5.56 Å². The second kappa shape index (κ2) is 10.2. The molecule has 0 spiro atoms. The van der Waals surface area contributed by atoms with E-state index in [0.29, 0.717) is 17.9 Å². The highest BCUT2D eigenvalue weighted by molar-refractivity contribution is 5.77. The summed E-state index contributed by atoms with van der Waals surface area (Å²) >= 11 is 0. The van der Waals surface area contributed by atoms with Crippen LogP contribution in [0.5, 0.6) is 5.75 Å². The van der Waals surface area contributed by atoms with E-state index in [9.17, 15) is 4.79 Å². The Bertz CT molecular complexity index is 747. The standard InChI is InChI=1S/C21H25N3O2/c1-3-24(4-2)15-18-11-9-17(10-12-18)14-23-21(25)16-26-20-8-6-5-7-19(20)13-22/h5-12H,3-4,14-16H2,1-2H3,(H,23,25). The van der Waals surface area contributed by atoms with Crippen molar-refractivity contribution in [3.05, 3.63) is 65.2 Å². The molecular formula is C21H25N3O2. The number of rotatable bonds is 9. The minimum atomic E-state index is -0.218. The average Bonchev–Trinajstić information content (AvgIpc) is 2.69. The van der Waals surface area contributed by atoms with Crippen LogP contribution < -0.4 is 10.1 Å². The van der Waals surface area contributed by atoms with Gasteiger partial charge in [-0.1, -0.05) is 50.2 Å². The lowest BCUT2D eigenvalue weighted by molar-refractivity contribution is -0.123. The van der Waals surface area contributed by atoms with E-state index >= 15 is 0 Å². The molecular weight excluding hydrogens is 326 g/mol. The number of benzene rings is 2. The molecule has 2 aromatic rings. The molecule has 0 fully saturated rings. The maximum absolute atomic E-state index is 12.0. The average molecular weight is 351 g/mol. The first kappa shape index (κ1) is 19.5. The first-order valence-electron chi connectivity index (χ1n) is 8.85. The first-order valence-corrected chi connectivity index (χ1v) is 8.85. The van der Waals surface area contributed by atoms with Crippen LogP contribution in [-0.4, -0.2) is 30.5 Å². The predicted octanol–water partition coefficient (Wildman–Crippen LogP) is 3.10. The molecule has 0 atom stereocenters. The van der Waals surface area contributed by atoms with E-state index in [1.54, 1.807) is 24.3 Å². The summed E-state index contributed by atoms with van der Waals surface area (Å²) in [5, 5.41) is 11.8. The van der Waals surface area contributed by atoms with Crippen LogP contribution in [0.3, 0.4) is 0 Å². The summed E-state index contributed by atoms with van der Waals surface area (Å²) in [7, 11) is 0. The second-order valence-corrected chi connectivity index (χ2v) is 5.95. The van der Waals surface area contributed by atoms with Gasteiger partial charge in [-0.3, -0.25) is 9.69 Å². The number of nitriles is 1. The summed E-state index contributed by atoms with van der Waals surface area (Å²) in [5.74, 6) is 0.205. The lowest BCUT2D eigenvalue weighted by atomic mass is 10.1. The van der Waals surface area contributed by atoms with Crippen LogP contribution in [0.1, 0.15) is 30.5 Å². The highest BCUT2D eigenvalue weighted by Crippen LogP contribution is 2.16. The first-order chi connectivity index (χ1) is 12.7. The van der Waals surface area contributed by atoms with Crippen molar-refractivity contribution in [1.29, 1.82) is 5.26 Å². The van der Waals surface area contributed by atoms with E-state index in [0.717, 1.165) is 25.2 Å². The van der Waals surface area contributed by atoms with Crippen molar-refractivity contribution >= 4 is 5.91 Å². The van der Waals surface area contributed by atoms with Gasteiger partial charge in [0.2, 0.25) is 0 Å². The van der Waals surface area contributed by atoms with E-state index < -0.39 is 0 Å². The normalized spacial score (nSPS) is 10.4. The Labute approximate surface area is 155 Å². The molecule has 0 saturated heterocycles. The number of hydrogen-bond acceptors (Lipinski definition) is 4. The molecule has 0 aromatic heterocycles. The topological polar surface area (TPSA) is 65.4 Å². The van der Waals surface area contributed by atoms with Crippen molar-refractivity contribution in [3.8, 4) is 11.8 Å². The fraction of sp³-hybridized carbons (Fsp3) is 0.333. The molecule has 1 N–H and O–H groups in total. The summed E-state index contributed by atoms with van der Waals surface area (Å²) < 4.78 is 5.43. The molecule has 0 aliphatic rings.